The lowest BCUT2D eigenvalue weighted by Gasteiger charge is -2.06. The summed E-state index contributed by atoms with van der Waals surface area (Å²) in [5.74, 6) is -0.483. The molecule has 22 heavy (non-hydrogen) atoms. The molecule has 0 spiro atoms. The van der Waals surface area contributed by atoms with Crippen LogP contribution in [0.1, 0.15) is 21.7 Å². The number of fused-ring (bicyclic) bond motifs is 1. The van der Waals surface area contributed by atoms with Gasteiger partial charge in [-0.15, -0.1) is 23.7 Å². The van der Waals surface area contributed by atoms with E-state index in [0.29, 0.717) is 22.4 Å². The van der Waals surface area contributed by atoms with Gasteiger partial charge >= 0.3 is 0 Å². The Hall–Kier alpha value is -1.21. The molecule has 1 amide bonds. The molecule has 1 aromatic carbocycles. The maximum Gasteiger partial charge on any atom is 0.261 e. The Bertz CT molecular complexity index is 633. The zero-order valence-corrected chi connectivity index (χ0v) is 14.2. The normalized spacial score (nSPS) is 10.5. The highest BCUT2D eigenvalue weighted by molar-refractivity contribution is 7.21. The molecule has 2 N–H and O–H groups in total. The summed E-state index contributed by atoms with van der Waals surface area (Å²) >= 11 is 1.30. The van der Waals surface area contributed by atoms with Gasteiger partial charge in [-0.3, -0.25) is 4.79 Å². The second-order valence-electron chi connectivity index (χ2n) is 4.67. The van der Waals surface area contributed by atoms with Crippen LogP contribution in [0.25, 0.3) is 10.1 Å². The number of thiophene rings is 1. The number of rotatable bonds is 7. The highest BCUT2D eigenvalue weighted by Gasteiger charge is 2.20. The second kappa shape index (κ2) is 9.05. The maximum absolute atomic E-state index is 14.0. The van der Waals surface area contributed by atoms with E-state index < -0.39 is 0 Å². The van der Waals surface area contributed by atoms with Gasteiger partial charge in [0.1, 0.15) is 5.82 Å². The molecule has 7 heteroatoms. The van der Waals surface area contributed by atoms with Gasteiger partial charge in [-0.1, -0.05) is 6.07 Å². The molecule has 0 radical (unpaired) electrons. The fourth-order valence-corrected chi connectivity index (χ4v) is 3.32. The van der Waals surface area contributed by atoms with Crippen LogP contribution in [-0.2, 0) is 11.3 Å². The number of carbonyl (C=O) groups is 1. The molecule has 0 bridgehead atoms. The summed E-state index contributed by atoms with van der Waals surface area (Å²) in [6.07, 6.45) is 0.848. The molecule has 1 heterocycles. The van der Waals surface area contributed by atoms with E-state index in [4.69, 9.17) is 4.74 Å². The average Bonchev–Trinajstić information content (AvgIpc) is 2.84. The molecule has 1 aromatic heterocycles. The van der Waals surface area contributed by atoms with Crippen LogP contribution in [0.3, 0.4) is 0 Å². The summed E-state index contributed by atoms with van der Waals surface area (Å²) in [4.78, 5) is 12.8. The lowest BCUT2D eigenvalue weighted by Crippen LogP contribution is -2.26. The van der Waals surface area contributed by atoms with E-state index in [1.54, 1.807) is 13.2 Å². The van der Waals surface area contributed by atoms with Gasteiger partial charge in [0.2, 0.25) is 0 Å². The Morgan fingerprint density at radius 3 is 2.82 bits per heavy atom. The number of hydrogen-bond donors (Lipinski definition) is 2. The number of halogens is 2. The van der Waals surface area contributed by atoms with Crippen LogP contribution in [0, 0.1) is 5.82 Å². The van der Waals surface area contributed by atoms with Gasteiger partial charge in [0.15, 0.2) is 0 Å². The van der Waals surface area contributed by atoms with Crippen molar-refractivity contribution in [1.82, 2.24) is 10.6 Å². The van der Waals surface area contributed by atoms with Crippen molar-refractivity contribution in [2.45, 2.75) is 13.0 Å². The van der Waals surface area contributed by atoms with Gasteiger partial charge in [0, 0.05) is 29.3 Å². The van der Waals surface area contributed by atoms with Crippen molar-refractivity contribution in [3.8, 4) is 0 Å². The molecule has 0 unspecified atom stereocenters. The van der Waals surface area contributed by atoms with Crippen LogP contribution in [0.15, 0.2) is 18.2 Å². The maximum atomic E-state index is 14.0. The fraction of sp³-hybridized carbons (Fsp3) is 0.400. The molecule has 0 aliphatic rings. The van der Waals surface area contributed by atoms with Crippen LogP contribution in [-0.4, -0.2) is 33.2 Å². The molecular formula is C15H20ClFN2O2S. The van der Waals surface area contributed by atoms with Gasteiger partial charge in [0.25, 0.3) is 5.91 Å². The van der Waals surface area contributed by atoms with Crippen molar-refractivity contribution >= 4 is 39.7 Å². The number of nitrogens with one attached hydrogen (secondary N) is 2. The minimum atomic E-state index is -0.315. The first kappa shape index (κ1) is 18.8. The van der Waals surface area contributed by atoms with E-state index in [1.165, 1.54) is 17.4 Å². The predicted molar refractivity (Wildman–Crippen MR) is 90.6 cm³/mol. The standard InChI is InChI=1S/C15H19FN2O2S.ClH/c1-17-7-4-8-18-15(19)14-10(9-20-2)13-11(16)5-3-6-12(13)21-14;/h3,5-6,17H,4,7-9H2,1-2H3,(H,18,19);1H. The van der Waals surface area contributed by atoms with Crippen LogP contribution in [0.4, 0.5) is 4.39 Å². The minimum Gasteiger partial charge on any atom is -0.380 e. The highest BCUT2D eigenvalue weighted by atomic mass is 35.5. The smallest absolute Gasteiger partial charge is 0.261 e. The third-order valence-electron chi connectivity index (χ3n) is 3.15. The summed E-state index contributed by atoms with van der Waals surface area (Å²) in [6, 6.07) is 4.88. The third-order valence-corrected chi connectivity index (χ3v) is 4.34. The van der Waals surface area contributed by atoms with E-state index in [2.05, 4.69) is 10.6 Å². The Morgan fingerprint density at radius 2 is 2.14 bits per heavy atom. The van der Waals surface area contributed by atoms with Crippen molar-refractivity contribution in [3.05, 3.63) is 34.5 Å². The SMILES string of the molecule is CNCCCNC(=O)c1sc2cccc(F)c2c1COC.Cl. The molecule has 0 saturated carbocycles. The molecule has 122 valence electrons. The molecule has 4 nitrogen and oxygen atoms in total. The number of carbonyl (C=O) groups excluding carboxylic acids is 1. The van der Waals surface area contributed by atoms with E-state index in [0.717, 1.165) is 17.7 Å². The monoisotopic (exact) mass is 346 g/mol. The van der Waals surface area contributed by atoms with Gasteiger partial charge in [-0.05, 0) is 32.1 Å². The van der Waals surface area contributed by atoms with Gasteiger partial charge < -0.3 is 15.4 Å². The summed E-state index contributed by atoms with van der Waals surface area (Å²) < 4.78 is 19.9. The average molecular weight is 347 g/mol. The van der Waals surface area contributed by atoms with Crippen molar-refractivity contribution in [2.24, 2.45) is 0 Å². The zero-order valence-electron chi connectivity index (χ0n) is 12.6. The van der Waals surface area contributed by atoms with Crippen molar-refractivity contribution in [3.63, 3.8) is 0 Å². The van der Waals surface area contributed by atoms with Crippen LogP contribution < -0.4 is 10.6 Å². The molecule has 0 atom stereocenters. The van der Waals surface area contributed by atoms with Crippen molar-refractivity contribution < 1.29 is 13.9 Å². The topological polar surface area (TPSA) is 50.4 Å². The first-order chi connectivity index (χ1) is 10.2. The fourth-order valence-electron chi connectivity index (χ4n) is 2.18. The summed E-state index contributed by atoms with van der Waals surface area (Å²) in [5.41, 5.74) is 0.627. The van der Waals surface area contributed by atoms with E-state index in [-0.39, 0.29) is 30.7 Å². The number of hydrogen-bond acceptors (Lipinski definition) is 4. The number of benzene rings is 1. The number of methoxy groups -OCH3 is 1. The van der Waals surface area contributed by atoms with Gasteiger partial charge in [-0.25, -0.2) is 4.39 Å². The Balaban J connectivity index is 0.00000242. The van der Waals surface area contributed by atoms with E-state index in [9.17, 15) is 9.18 Å². The lowest BCUT2D eigenvalue weighted by molar-refractivity contribution is 0.0953. The van der Waals surface area contributed by atoms with Gasteiger partial charge in [-0.2, -0.15) is 0 Å². The van der Waals surface area contributed by atoms with Crippen LogP contribution in [0.5, 0.6) is 0 Å². The summed E-state index contributed by atoms with van der Waals surface area (Å²) in [6.45, 7) is 1.65. The van der Waals surface area contributed by atoms with E-state index >= 15 is 0 Å². The number of ether oxygens (including phenoxy) is 1. The first-order valence-electron chi connectivity index (χ1n) is 6.80. The van der Waals surface area contributed by atoms with Crippen molar-refractivity contribution in [1.29, 1.82) is 0 Å². The minimum absolute atomic E-state index is 0. The molecule has 0 fully saturated rings. The molecule has 2 rings (SSSR count). The lowest BCUT2D eigenvalue weighted by atomic mass is 10.1. The quantitative estimate of drug-likeness (QED) is 0.758. The Morgan fingerprint density at radius 1 is 1.36 bits per heavy atom. The summed E-state index contributed by atoms with van der Waals surface area (Å²) in [5, 5.41) is 6.38. The molecular weight excluding hydrogens is 327 g/mol. The van der Waals surface area contributed by atoms with Crippen molar-refractivity contribution in [2.75, 3.05) is 27.2 Å². The van der Waals surface area contributed by atoms with Crippen LogP contribution in [0.2, 0.25) is 0 Å². The molecule has 0 aliphatic heterocycles. The zero-order chi connectivity index (χ0) is 15.2. The molecule has 0 saturated heterocycles. The van der Waals surface area contributed by atoms with E-state index in [1.807, 2.05) is 13.1 Å². The third kappa shape index (κ3) is 4.16. The molecule has 0 aliphatic carbocycles. The van der Waals surface area contributed by atoms with Gasteiger partial charge in [0.05, 0.1) is 11.5 Å². The van der Waals surface area contributed by atoms with Crippen LogP contribution >= 0.6 is 23.7 Å². The molecule has 2 aromatic rings. The predicted octanol–water partition coefficient (Wildman–Crippen LogP) is 2.95. The first-order valence-corrected chi connectivity index (χ1v) is 7.62. The highest BCUT2D eigenvalue weighted by Crippen LogP contribution is 2.33. The summed E-state index contributed by atoms with van der Waals surface area (Å²) in [7, 11) is 3.41. The number of amides is 1. The largest absolute Gasteiger partial charge is 0.380 e. The second-order valence-corrected chi connectivity index (χ2v) is 5.72. The Labute approximate surface area is 139 Å². The Kier molecular flexibility index (Phi) is 7.75.